The number of allylic oxidation sites excluding steroid dienone is 1. The smallest absolute Gasteiger partial charge is 0.315 e. The summed E-state index contributed by atoms with van der Waals surface area (Å²) < 4.78 is 0. The molecule has 0 atom stereocenters. The maximum absolute atomic E-state index is 11.5. The van der Waals surface area contributed by atoms with Gasteiger partial charge in [-0.3, -0.25) is 0 Å². The Morgan fingerprint density at radius 1 is 1.44 bits per heavy atom. The number of carbonyl (C=O) groups excluding carboxylic acids is 1. The number of hydrogen-bond donors (Lipinski definition) is 2. The minimum Gasteiger partial charge on any atom is -0.315 e. The van der Waals surface area contributed by atoms with Crippen molar-refractivity contribution in [3.8, 4) is 0 Å². The van der Waals surface area contributed by atoms with Crippen LogP contribution in [0.3, 0.4) is 0 Å². The van der Waals surface area contributed by atoms with Crippen LogP contribution in [0.5, 0.6) is 0 Å². The van der Waals surface area contributed by atoms with Crippen LogP contribution in [0.4, 0.5) is 10.5 Å². The first-order valence-corrected chi connectivity index (χ1v) is 5.46. The SMILES string of the molecule is C/C=C/NC(=O)Nc1c(C)cccc1CC. The molecule has 0 aliphatic heterocycles. The Kier molecular flexibility index (Phi) is 4.58. The molecule has 2 N–H and O–H groups in total. The fourth-order valence-corrected chi connectivity index (χ4v) is 1.51. The van der Waals surface area contributed by atoms with E-state index in [0.717, 1.165) is 23.2 Å². The number of rotatable bonds is 3. The molecule has 3 nitrogen and oxygen atoms in total. The second kappa shape index (κ2) is 5.95. The van der Waals surface area contributed by atoms with Gasteiger partial charge in [-0.05, 0) is 31.4 Å². The summed E-state index contributed by atoms with van der Waals surface area (Å²) in [6, 6.07) is 5.81. The van der Waals surface area contributed by atoms with Crippen molar-refractivity contribution >= 4 is 11.7 Å². The number of urea groups is 1. The number of amides is 2. The lowest BCUT2D eigenvalue weighted by molar-refractivity contribution is 0.255. The molecule has 0 saturated heterocycles. The van der Waals surface area contributed by atoms with Crippen LogP contribution < -0.4 is 10.6 Å². The van der Waals surface area contributed by atoms with E-state index in [1.807, 2.05) is 32.0 Å². The van der Waals surface area contributed by atoms with Gasteiger partial charge in [-0.1, -0.05) is 31.2 Å². The number of aryl methyl sites for hydroxylation is 2. The zero-order chi connectivity index (χ0) is 12.0. The molecule has 2 amide bonds. The normalized spacial score (nSPS) is 10.4. The molecule has 0 spiro atoms. The number of para-hydroxylation sites is 1. The van der Waals surface area contributed by atoms with Gasteiger partial charge in [0, 0.05) is 11.9 Å². The summed E-state index contributed by atoms with van der Waals surface area (Å²) in [7, 11) is 0. The third-order valence-corrected chi connectivity index (χ3v) is 2.36. The van der Waals surface area contributed by atoms with Gasteiger partial charge in [-0.25, -0.2) is 4.79 Å². The first-order valence-electron chi connectivity index (χ1n) is 5.46. The molecule has 0 aliphatic rings. The van der Waals surface area contributed by atoms with Gasteiger partial charge >= 0.3 is 6.03 Å². The van der Waals surface area contributed by atoms with Crippen molar-refractivity contribution in [3.63, 3.8) is 0 Å². The maximum atomic E-state index is 11.5. The highest BCUT2D eigenvalue weighted by atomic mass is 16.2. The maximum Gasteiger partial charge on any atom is 0.323 e. The van der Waals surface area contributed by atoms with Gasteiger partial charge < -0.3 is 10.6 Å². The fourth-order valence-electron chi connectivity index (χ4n) is 1.51. The highest BCUT2D eigenvalue weighted by Gasteiger charge is 2.06. The van der Waals surface area contributed by atoms with Crippen LogP contribution in [0.25, 0.3) is 0 Å². The Morgan fingerprint density at radius 2 is 2.19 bits per heavy atom. The Hall–Kier alpha value is -1.77. The predicted octanol–water partition coefficient (Wildman–Crippen LogP) is 3.21. The zero-order valence-corrected chi connectivity index (χ0v) is 10.0. The molecule has 16 heavy (non-hydrogen) atoms. The van der Waals surface area contributed by atoms with E-state index in [4.69, 9.17) is 0 Å². The average molecular weight is 218 g/mol. The van der Waals surface area contributed by atoms with E-state index in [1.54, 1.807) is 12.3 Å². The molecule has 1 aromatic carbocycles. The highest BCUT2D eigenvalue weighted by Crippen LogP contribution is 2.20. The van der Waals surface area contributed by atoms with Crippen LogP contribution in [-0.2, 0) is 6.42 Å². The average Bonchev–Trinajstić information content (AvgIpc) is 2.29. The summed E-state index contributed by atoms with van der Waals surface area (Å²) in [6.07, 6.45) is 4.29. The number of benzene rings is 1. The lowest BCUT2D eigenvalue weighted by atomic mass is 10.1. The molecule has 86 valence electrons. The molecule has 0 unspecified atom stereocenters. The van der Waals surface area contributed by atoms with E-state index in [2.05, 4.69) is 17.6 Å². The Balaban J connectivity index is 2.83. The molecule has 0 fully saturated rings. The van der Waals surface area contributed by atoms with Gasteiger partial charge in [0.25, 0.3) is 0 Å². The van der Waals surface area contributed by atoms with Gasteiger partial charge in [0.2, 0.25) is 0 Å². The first-order chi connectivity index (χ1) is 7.69. The first kappa shape index (κ1) is 12.3. The molecular formula is C13H18N2O. The van der Waals surface area contributed by atoms with Gasteiger partial charge in [0.1, 0.15) is 0 Å². The van der Waals surface area contributed by atoms with E-state index in [1.165, 1.54) is 0 Å². The van der Waals surface area contributed by atoms with E-state index in [-0.39, 0.29) is 6.03 Å². The Labute approximate surface area is 96.6 Å². The van der Waals surface area contributed by atoms with Crippen molar-refractivity contribution in [1.82, 2.24) is 5.32 Å². The highest BCUT2D eigenvalue weighted by molar-refractivity contribution is 5.91. The summed E-state index contributed by atoms with van der Waals surface area (Å²) in [5.74, 6) is 0. The van der Waals surface area contributed by atoms with Crippen LogP contribution in [-0.4, -0.2) is 6.03 Å². The Morgan fingerprint density at radius 3 is 2.81 bits per heavy atom. The standard InChI is InChI=1S/C13H18N2O/c1-4-9-14-13(16)15-12-10(3)7-6-8-11(12)5-2/h4,6-9H,5H2,1-3H3,(H2,14,15,16)/b9-4+. The van der Waals surface area contributed by atoms with E-state index < -0.39 is 0 Å². The van der Waals surface area contributed by atoms with Crippen LogP contribution in [0.15, 0.2) is 30.5 Å². The Bertz CT molecular complexity index is 397. The summed E-state index contributed by atoms with van der Waals surface area (Å²) in [5.41, 5.74) is 3.14. The number of hydrogen-bond acceptors (Lipinski definition) is 1. The topological polar surface area (TPSA) is 41.1 Å². The predicted molar refractivity (Wildman–Crippen MR) is 67.5 cm³/mol. The molecule has 0 saturated carbocycles. The third kappa shape index (κ3) is 3.12. The summed E-state index contributed by atoms with van der Waals surface area (Å²) in [5, 5.41) is 5.49. The number of nitrogens with one attached hydrogen (secondary N) is 2. The van der Waals surface area contributed by atoms with Crippen molar-refractivity contribution in [1.29, 1.82) is 0 Å². The van der Waals surface area contributed by atoms with Crippen molar-refractivity contribution < 1.29 is 4.79 Å². The number of carbonyl (C=O) groups is 1. The van der Waals surface area contributed by atoms with E-state index >= 15 is 0 Å². The van der Waals surface area contributed by atoms with Gasteiger partial charge in [0.15, 0.2) is 0 Å². The second-order valence-corrected chi connectivity index (χ2v) is 3.56. The molecule has 1 rings (SSSR count). The molecular weight excluding hydrogens is 200 g/mol. The molecule has 1 aromatic rings. The van der Waals surface area contributed by atoms with E-state index in [9.17, 15) is 4.79 Å². The minimum absolute atomic E-state index is 0.206. The van der Waals surface area contributed by atoms with Gasteiger partial charge in [-0.15, -0.1) is 0 Å². The zero-order valence-electron chi connectivity index (χ0n) is 10.0. The molecule has 0 aliphatic carbocycles. The third-order valence-electron chi connectivity index (χ3n) is 2.36. The van der Waals surface area contributed by atoms with Crippen LogP contribution in [0.1, 0.15) is 25.0 Å². The molecule has 0 radical (unpaired) electrons. The summed E-state index contributed by atoms with van der Waals surface area (Å²) >= 11 is 0. The molecule has 0 heterocycles. The van der Waals surface area contributed by atoms with E-state index in [0.29, 0.717) is 0 Å². The van der Waals surface area contributed by atoms with Crippen molar-refractivity contribution in [2.75, 3.05) is 5.32 Å². The summed E-state index contributed by atoms with van der Waals surface area (Å²) in [6.45, 7) is 5.92. The van der Waals surface area contributed by atoms with Crippen molar-refractivity contribution in [2.24, 2.45) is 0 Å². The van der Waals surface area contributed by atoms with Crippen molar-refractivity contribution in [2.45, 2.75) is 27.2 Å². The molecule has 0 aromatic heterocycles. The molecule has 3 heteroatoms. The van der Waals surface area contributed by atoms with Crippen LogP contribution in [0.2, 0.25) is 0 Å². The monoisotopic (exact) mass is 218 g/mol. The lowest BCUT2D eigenvalue weighted by Gasteiger charge is -2.12. The number of anilines is 1. The van der Waals surface area contributed by atoms with Crippen LogP contribution in [0, 0.1) is 6.92 Å². The van der Waals surface area contributed by atoms with Gasteiger partial charge in [-0.2, -0.15) is 0 Å². The minimum atomic E-state index is -0.206. The largest absolute Gasteiger partial charge is 0.323 e. The van der Waals surface area contributed by atoms with Crippen molar-refractivity contribution in [3.05, 3.63) is 41.6 Å². The fraction of sp³-hybridized carbons (Fsp3) is 0.308. The lowest BCUT2D eigenvalue weighted by Crippen LogP contribution is -2.24. The molecule has 0 bridgehead atoms. The second-order valence-electron chi connectivity index (χ2n) is 3.56. The van der Waals surface area contributed by atoms with Gasteiger partial charge in [0.05, 0.1) is 0 Å². The quantitative estimate of drug-likeness (QED) is 0.803. The summed E-state index contributed by atoms with van der Waals surface area (Å²) in [4.78, 5) is 11.5. The van der Waals surface area contributed by atoms with Crippen LogP contribution >= 0.6 is 0 Å².